The number of nitrogens with zero attached hydrogens (tertiary/aromatic N) is 1. The van der Waals surface area contributed by atoms with Crippen LogP contribution in [0.1, 0.15) is 61.8 Å². The van der Waals surface area contributed by atoms with Crippen LogP contribution in [0.2, 0.25) is 0 Å². The molecule has 0 bridgehead atoms. The van der Waals surface area contributed by atoms with E-state index in [2.05, 4.69) is 51.9 Å². The third-order valence-corrected chi connectivity index (χ3v) is 4.34. The number of nitrogens with one attached hydrogen (secondary N) is 1. The van der Waals surface area contributed by atoms with Crippen molar-refractivity contribution in [3.8, 4) is 0 Å². The minimum absolute atomic E-state index is 0.147. The SMILES string of the molecule is CC(C)NC(C)(CC(C)N(C)C(C)C(C)(C)C)C(=O)O. The summed E-state index contributed by atoms with van der Waals surface area (Å²) in [4.78, 5) is 13.9. The average Bonchev–Trinajstić information content (AvgIpc) is 2.24. The number of hydrogen-bond acceptors (Lipinski definition) is 3. The van der Waals surface area contributed by atoms with Crippen molar-refractivity contribution in [1.29, 1.82) is 0 Å². The molecule has 3 atom stereocenters. The molecule has 0 aromatic heterocycles. The van der Waals surface area contributed by atoms with E-state index in [1.807, 2.05) is 13.8 Å². The van der Waals surface area contributed by atoms with Gasteiger partial charge in [0.05, 0.1) is 0 Å². The topological polar surface area (TPSA) is 52.6 Å². The molecular formula is C16H34N2O2. The molecule has 3 unspecified atom stereocenters. The standard InChI is InChI=1S/C16H34N2O2/c1-11(2)17-16(8,14(19)20)10-12(3)18(9)13(4)15(5,6)7/h11-13,17H,10H2,1-9H3,(H,19,20). The van der Waals surface area contributed by atoms with Crippen molar-refractivity contribution in [3.05, 3.63) is 0 Å². The average molecular weight is 286 g/mol. The van der Waals surface area contributed by atoms with Crippen LogP contribution in [0, 0.1) is 5.41 Å². The van der Waals surface area contributed by atoms with E-state index in [9.17, 15) is 9.90 Å². The highest BCUT2D eigenvalue weighted by molar-refractivity contribution is 5.78. The second-order valence-electron chi connectivity index (χ2n) is 7.70. The highest BCUT2D eigenvalue weighted by atomic mass is 16.4. The first-order chi connectivity index (χ1) is 8.81. The second kappa shape index (κ2) is 6.90. The van der Waals surface area contributed by atoms with Gasteiger partial charge >= 0.3 is 5.97 Å². The van der Waals surface area contributed by atoms with Gasteiger partial charge < -0.3 is 10.0 Å². The van der Waals surface area contributed by atoms with E-state index in [1.165, 1.54) is 0 Å². The Morgan fingerprint density at radius 3 is 1.90 bits per heavy atom. The Morgan fingerprint density at radius 2 is 1.60 bits per heavy atom. The Balaban J connectivity index is 4.94. The molecule has 0 amide bonds. The minimum atomic E-state index is -0.889. The summed E-state index contributed by atoms with van der Waals surface area (Å²) in [5, 5.41) is 12.7. The lowest BCUT2D eigenvalue weighted by Gasteiger charge is -2.41. The van der Waals surface area contributed by atoms with Gasteiger partial charge in [0.25, 0.3) is 0 Å². The lowest BCUT2D eigenvalue weighted by atomic mass is 9.85. The third-order valence-electron chi connectivity index (χ3n) is 4.34. The first-order valence-electron chi connectivity index (χ1n) is 7.54. The zero-order chi connectivity index (χ0) is 16.3. The molecule has 4 heteroatoms. The van der Waals surface area contributed by atoms with Crippen molar-refractivity contribution < 1.29 is 9.90 Å². The number of carboxylic acid groups (broad SMARTS) is 1. The lowest BCUT2D eigenvalue weighted by molar-refractivity contribution is -0.145. The highest BCUT2D eigenvalue weighted by Gasteiger charge is 2.37. The van der Waals surface area contributed by atoms with Crippen LogP contribution in [-0.4, -0.2) is 46.7 Å². The molecule has 120 valence electrons. The quantitative estimate of drug-likeness (QED) is 0.755. The normalized spacial score (nSPS) is 18.9. The summed E-state index contributed by atoms with van der Waals surface area (Å²) in [5.74, 6) is -0.783. The van der Waals surface area contributed by atoms with Gasteiger partial charge in [-0.3, -0.25) is 10.1 Å². The number of aliphatic carboxylic acids is 1. The van der Waals surface area contributed by atoms with Crippen molar-refractivity contribution in [2.24, 2.45) is 5.41 Å². The van der Waals surface area contributed by atoms with Gasteiger partial charge in [-0.2, -0.15) is 0 Å². The van der Waals surface area contributed by atoms with Crippen LogP contribution in [0.3, 0.4) is 0 Å². The van der Waals surface area contributed by atoms with Crippen molar-refractivity contribution >= 4 is 5.97 Å². The maximum atomic E-state index is 11.6. The van der Waals surface area contributed by atoms with Crippen LogP contribution in [0.5, 0.6) is 0 Å². The van der Waals surface area contributed by atoms with Gasteiger partial charge in [0.15, 0.2) is 0 Å². The Bertz CT molecular complexity index is 323. The molecule has 0 heterocycles. The second-order valence-corrected chi connectivity index (χ2v) is 7.70. The molecule has 0 spiro atoms. The van der Waals surface area contributed by atoms with Crippen molar-refractivity contribution in [1.82, 2.24) is 10.2 Å². The van der Waals surface area contributed by atoms with Gasteiger partial charge in [0.1, 0.15) is 5.54 Å². The van der Waals surface area contributed by atoms with Crippen LogP contribution >= 0.6 is 0 Å². The highest BCUT2D eigenvalue weighted by Crippen LogP contribution is 2.27. The maximum absolute atomic E-state index is 11.6. The molecule has 0 rings (SSSR count). The summed E-state index contributed by atoms with van der Waals surface area (Å²) in [5.41, 5.74) is -0.715. The minimum Gasteiger partial charge on any atom is -0.480 e. The van der Waals surface area contributed by atoms with Crippen LogP contribution < -0.4 is 5.32 Å². The van der Waals surface area contributed by atoms with Crippen LogP contribution in [-0.2, 0) is 4.79 Å². The molecular weight excluding hydrogens is 252 g/mol. The smallest absolute Gasteiger partial charge is 0.323 e. The molecule has 0 aliphatic heterocycles. The van der Waals surface area contributed by atoms with E-state index < -0.39 is 11.5 Å². The molecule has 0 aliphatic rings. The van der Waals surface area contributed by atoms with E-state index in [1.54, 1.807) is 6.92 Å². The van der Waals surface area contributed by atoms with Crippen LogP contribution in [0.4, 0.5) is 0 Å². The van der Waals surface area contributed by atoms with Gasteiger partial charge in [-0.1, -0.05) is 20.8 Å². The molecule has 2 N–H and O–H groups in total. The molecule has 20 heavy (non-hydrogen) atoms. The molecule has 0 aromatic carbocycles. The number of rotatable bonds is 7. The van der Waals surface area contributed by atoms with Crippen molar-refractivity contribution in [2.45, 2.75) is 85.5 Å². The number of hydrogen-bond donors (Lipinski definition) is 2. The summed E-state index contributed by atoms with van der Waals surface area (Å²) >= 11 is 0. The summed E-state index contributed by atoms with van der Waals surface area (Å²) < 4.78 is 0. The van der Waals surface area contributed by atoms with Gasteiger partial charge in [0, 0.05) is 18.1 Å². The lowest BCUT2D eigenvalue weighted by Crippen LogP contribution is -2.56. The van der Waals surface area contributed by atoms with Gasteiger partial charge in [0.2, 0.25) is 0 Å². The predicted octanol–water partition coefficient (Wildman–Crippen LogP) is 2.97. The Morgan fingerprint density at radius 1 is 1.15 bits per heavy atom. The summed E-state index contributed by atoms with van der Waals surface area (Å²) in [6.45, 7) is 16.7. The summed E-state index contributed by atoms with van der Waals surface area (Å²) in [7, 11) is 2.08. The number of carbonyl (C=O) groups is 1. The first-order valence-corrected chi connectivity index (χ1v) is 7.54. The fourth-order valence-electron chi connectivity index (χ4n) is 2.57. The largest absolute Gasteiger partial charge is 0.480 e. The molecule has 0 saturated heterocycles. The van der Waals surface area contributed by atoms with E-state index in [0.717, 1.165) is 0 Å². The molecule has 0 fully saturated rings. The molecule has 4 nitrogen and oxygen atoms in total. The molecule has 0 radical (unpaired) electrons. The Hall–Kier alpha value is -0.610. The van der Waals surface area contributed by atoms with Crippen molar-refractivity contribution in [2.75, 3.05) is 7.05 Å². The zero-order valence-electron chi connectivity index (χ0n) is 14.7. The van der Waals surface area contributed by atoms with Gasteiger partial charge in [-0.05, 0) is 53.5 Å². The fraction of sp³-hybridized carbons (Fsp3) is 0.938. The Kier molecular flexibility index (Phi) is 6.69. The fourth-order valence-corrected chi connectivity index (χ4v) is 2.57. The monoisotopic (exact) mass is 286 g/mol. The first kappa shape index (κ1) is 19.4. The van der Waals surface area contributed by atoms with E-state index in [0.29, 0.717) is 12.5 Å². The van der Waals surface area contributed by atoms with Crippen LogP contribution in [0.15, 0.2) is 0 Å². The summed E-state index contributed by atoms with van der Waals surface area (Å²) in [6, 6.07) is 0.722. The van der Waals surface area contributed by atoms with Gasteiger partial charge in [-0.15, -0.1) is 0 Å². The van der Waals surface area contributed by atoms with Gasteiger partial charge in [-0.25, -0.2) is 0 Å². The summed E-state index contributed by atoms with van der Waals surface area (Å²) in [6.07, 6.45) is 0.581. The van der Waals surface area contributed by atoms with E-state index in [4.69, 9.17) is 0 Å². The third kappa shape index (κ3) is 5.41. The maximum Gasteiger partial charge on any atom is 0.323 e. The zero-order valence-corrected chi connectivity index (χ0v) is 14.7. The predicted molar refractivity (Wildman–Crippen MR) is 85.1 cm³/mol. The molecule has 0 aliphatic carbocycles. The van der Waals surface area contributed by atoms with Crippen molar-refractivity contribution in [3.63, 3.8) is 0 Å². The Labute approximate surface area is 124 Å². The van der Waals surface area contributed by atoms with E-state index >= 15 is 0 Å². The van der Waals surface area contributed by atoms with E-state index in [-0.39, 0.29) is 17.5 Å². The molecule has 0 aromatic rings. The molecule has 0 saturated carbocycles. The van der Waals surface area contributed by atoms with Crippen LogP contribution in [0.25, 0.3) is 0 Å². The number of carboxylic acids is 1.